The summed E-state index contributed by atoms with van der Waals surface area (Å²) < 4.78 is 1.96. The fourth-order valence-corrected chi connectivity index (χ4v) is 3.78. The van der Waals surface area contributed by atoms with E-state index in [-0.39, 0.29) is 17.4 Å². The highest BCUT2D eigenvalue weighted by Gasteiger charge is 2.10. The molecule has 0 spiro atoms. The number of nitrogens with zero attached hydrogens (tertiary/aromatic N) is 3. The molecule has 4 rings (SSSR count). The predicted molar refractivity (Wildman–Crippen MR) is 113 cm³/mol. The van der Waals surface area contributed by atoms with Gasteiger partial charge in [-0.2, -0.15) is 5.10 Å². The number of imidazole rings is 1. The van der Waals surface area contributed by atoms with Crippen molar-refractivity contribution < 1.29 is 9.90 Å². The second kappa shape index (κ2) is 7.74. The third-order valence-corrected chi connectivity index (χ3v) is 5.44. The number of aromatic hydroxyl groups is 1. The second-order valence-corrected chi connectivity index (χ2v) is 7.19. The number of aromatic nitrogens is 2. The van der Waals surface area contributed by atoms with Gasteiger partial charge in [-0.1, -0.05) is 54.2 Å². The molecule has 0 radical (unpaired) electrons. The number of phenols is 1. The zero-order valence-electron chi connectivity index (χ0n) is 15.2. The Hall–Kier alpha value is -3.32. The number of para-hydroxylation sites is 2. The summed E-state index contributed by atoms with van der Waals surface area (Å²) in [6, 6.07) is 19.0. The number of carbonyl (C=O) groups excluding carboxylic acids is 1. The van der Waals surface area contributed by atoms with E-state index < -0.39 is 0 Å². The van der Waals surface area contributed by atoms with Gasteiger partial charge in [0.1, 0.15) is 5.75 Å². The first kappa shape index (κ1) is 18.1. The highest BCUT2D eigenvalue weighted by atomic mass is 32.2. The molecular weight excluding hydrogens is 372 g/mol. The lowest BCUT2D eigenvalue weighted by Crippen LogP contribution is -2.19. The van der Waals surface area contributed by atoms with Gasteiger partial charge in [0.15, 0.2) is 5.16 Å². The number of thioether (sulfide) groups is 1. The molecule has 0 fully saturated rings. The Labute approximate surface area is 165 Å². The van der Waals surface area contributed by atoms with Crippen molar-refractivity contribution in [3.05, 3.63) is 66.2 Å². The topological polar surface area (TPSA) is 79.5 Å². The van der Waals surface area contributed by atoms with Gasteiger partial charge in [0.25, 0.3) is 5.91 Å². The van der Waals surface area contributed by atoms with Crippen molar-refractivity contribution in [1.29, 1.82) is 0 Å². The third kappa shape index (κ3) is 3.57. The Balaban J connectivity index is 1.42. The molecule has 0 aliphatic rings. The van der Waals surface area contributed by atoms with E-state index in [0.29, 0.717) is 5.56 Å². The van der Waals surface area contributed by atoms with E-state index in [1.165, 1.54) is 18.0 Å². The van der Waals surface area contributed by atoms with Crippen LogP contribution < -0.4 is 5.43 Å². The van der Waals surface area contributed by atoms with Gasteiger partial charge in [-0.25, -0.2) is 10.4 Å². The van der Waals surface area contributed by atoms with Crippen LogP contribution in [0.4, 0.5) is 0 Å². The molecular formula is C21H18N4O2S. The molecule has 3 aromatic carbocycles. The van der Waals surface area contributed by atoms with E-state index in [1.54, 1.807) is 6.07 Å². The number of phenolic OH excluding ortho intramolecular Hbond substituents is 1. The summed E-state index contributed by atoms with van der Waals surface area (Å²) in [5, 5.41) is 16.7. The Kier molecular flexibility index (Phi) is 4.99. The Morgan fingerprint density at radius 2 is 1.96 bits per heavy atom. The maximum Gasteiger partial charge on any atom is 0.250 e. The van der Waals surface area contributed by atoms with Crippen molar-refractivity contribution >= 4 is 45.7 Å². The van der Waals surface area contributed by atoms with Crippen molar-refractivity contribution in [2.75, 3.05) is 5.75 Å². The summed E-state index contributed by atoms with van der Waals surface area (Å²) in [4.78, 5) is 16.7. The lowest BCUT2D eigenvalue weighted by atomic mass is 10.0. The molecule has 0 atom stereocenters. The molecule has 1 amide bonds. The molecule has 4 aromatic rings. The minimum atomic E-state index is -0.243. The van der Waals surface area contributed by atoms with Crippen LogP contribution in [0.15, 0.2) is 70.9 Å². The van der Waals surface area contributed by atoms with Crippen molar-refractivity contribution in [2.24, 2.45) is 12.1 Å². The molecule has 7 heteroatoms. The van der Waals surface area contributed by atoms with Gasteiger partial charge in [0.2, 0.25) is 0 Å². The number of fused-ring (bicyclic) bond motifs is 2. The molecule has 28 heavy (non-hydrogen) atoms. The van der Waals surface area contributed by atoms with Crippen molar-refractivity contribution in [2.45, 2.75) is 5.16 Å². The molecule has 0 aliphatic heterocycles. The highest BCUT2D eigenvalue weighted by Crippen LogP contribution is 2.25. The molecule has 0 aliphatic carbocycles. The van der Waals surface area contributed by atoms with Gasteiger partial charge >= 0.3 is 0 Å². The molecule has 6 nitrogen and oxygen atoms in total. The molecule has 0 saturated carbocycles. The highest BCUT2D eigenvalue weighted by molar-refractivity contribution is 7.99. The van der Waals surface area contributed by atoms with Crippen LogP contribution in [0.2, 0.25) is 0 Å². The predicted octanol–water partition coefficient (Wildman–Crippen LogP) is 3.67. The van der Waals surface area contributed by atoms with E-state index in [9.17, 15) is 9.90 Å². The maximum atomic E-state index is 12.1. The first-order valence-corrected chi connectivity index (χ1v) is 9.69. The van der Waals surface area contributed by atoms with Gasteiger partial charge in [-0.05, 0) is 29.0 Å². The smallest absolute Gasteiger partial charge is 0.250 e. The SMILES string of the molecule is Cn1c(SCC(=O)NN=Cc2c(O)ccc3ccccc23)nc2ccccc21. The molecule has 0 bridgehead atoms. The summed E-state index contributed by atoms with van der Waals surface area (Å²) in [6.07, 6.45) is 1.47. The Bertz CT molecular complexity index is 1200. The quantitative estimate of drug-likeness (QED) is 0.310. The zero-order valence-corrected chi connectivity index (χ0v) is 16.0. The van der Waals surface area contributed by atoms with Crippen LogP contribution in [0.1, 0.15) is 5.56 Å². The first-order valence-electron chi connectivity index (χ1n) is 8.70. The van der Waals surface area contributed by atoms with Gasteiger partial charge < -0.3 is 9.67 Å². The number of hydrazone groups is 1. The molecule has 2 N–H and O–H groups in total. The summed E-state index contributed by atoms with van der Waals surface area (Å²) in [5.41, 5.74) is 5.00. The fraction of sp³-hybridized carbons (Fsp3) is 0.0952. The average molecular weight is 390 g/mol. The van der Waals surface area contributed by atoms with Gasteiger partial charge in [-0.15, -0.1) is 0 Å². The first-order chi connectivity index (χ1) is 13.6. The third-order valence-electron chi connectivity index (χ3n) is 4.41. The number of benzene rings is 3. The van der Waals surface area contributed by atoms with Crippen LogP contribution in [0.5, 0.6) is 5.75 Å². The van der Waals surface area contributed by atoms with Crippen LogP contribution in [0.3, 0.4) is 0 Å². The van der Waals surface area contributed by atoms with Crippen LogP contribution in [0, 0.1) is 0 Å². The van der Waals surface area contributed by atoms with Crippen molar-refractivity contribution in [1.82, 2.24) is 15.0 Å². The number of hydrogen-bond acceptors (Lipinski definition) is 5. The lowest BCUT2D eigenvalue weighted by Gasteiger charge is -2.05. The maximum absolute atomic E-state index is 12.1. The number of carbonyl (C=O) groups is 1. The minimum Gasteiger partial charge on any atom is -0.507 e. The molecule has 1 aromatic heterocycles. The Morgan fingerprint density at radius 3 is 2.82 bits per heavy atom. The molecule has 1 heterocycles. The van der Waals surface area contributed by atoms with Gasteiger partial charge in [0.05, 0.1) is 23.0 Å². The fourth-order valence-electron chi connectivity index (χ4n) is 3.00. The van der Waals surface area contributed by atoms with E-state index in [1.807, 2.05) is 66.2 Å². The van der Waals surface area contributed by atoms with Crippen LogP contribution in [0.25, 0.3) is 21.8 Å². The lowest BCUT2D eigenvalue weighted by molar-refractivity contribution is -0.118. The van der Waals surface area contributed by atoms with Gasteiger partial charge in [0, 0.05) is 12.6 Å². The van der Waals surface area contributed by atoms with Crippen molar-refractivity contribution in [3.63, 3.8) is 0 Å². The molecule has 0 saturated heterocycles. The van der Waals surface area contributed by atoms with E-state index >= 15 is 0 Å². The molecule has 140 valence electrons. The number of aryl methyl sites for hydroxylation is 1. The largest absolute Gasteiger partial charge is 0.507 e. The number of nitrogens with one attached hydrogen (secondary N) is 1. The average Bonchev–Trinajstić information content (AvgIpc) is 3.04. The van der Waals surface area contributed by atoms with Gasteiger partial charge in [-0.3, -0.25) is 4.79 Å². The van der Waals surface area contributed by atoms with E-state index in [0.717, 1.165) is 27.0 Å². The standard InChI is InChI=1S/C21H18N4O2S/c1-25-18-9-5-4-8-17(18)23-21(25)28-13-20(27)24-22-12-16-15-7-3-2-6-14(15)10-11-19(16)26/h2-12,26H,13H2,1H3,(H,24,27). The monoisotopic (exact) mass is 390 g/mol. The van der Waals surface area contributed by atoms with Crippen LogP contribution in [-0.2, 0) is 11.8 Å². The van der Waals surface area contributed by atoms with Crippen LogP contribution >= 0.6 is 11.8 Å². The van der Waals surface area contributed by atoms with E-state index in [4.69, 9.17) is 0 Å². The number of rotatable bonds is 5. The molecule has 0 unspecified atom stereocenters. The van der Waals surface area contributed by atoms with E-state index in [2.05, 4.69) is 15.5 Å². The minimum absolute atomic E-state index is 0.116. The number of hydrogen-bond donors (Lipinski definition) is 2. The normalized spacial score (nSPS) is 11.5. The zero-order chi connectivity index (χ0) is 19.5. The van der Waals surface area contributed by atoms with Crippen LogP contribution in [-0.4, -0.2) is 32.5 Å². The Morgan fingerprint density at radius 1 is 1.18 bits per heavy atom. The summed E-state index contributed by atoms with van der Waals surface area (Å²) in [5.74, 6) is 0.0644. The van der Waals surface area contributed by atoms with Crippen molar-refractivity contribution in [3.8, 4) is 5.75 Å². The number of amides is 1. The second-order valence-electron chi connectivity index (χ2n) is 6.24. The summed E-state index contributed by atoms with van der Waals surface area (Å²) in [7, 11) is 1.93. The summed E-state index contributed by atoms with van der Waals surface area (Å²) >= 11 is 1.35. The summed E-state index contributed by atoms with van der Waals surface area (Å²) in [6.45, 7) is 0.